The number of hydrogen-bond donors (Lipinski definition) is 1. The van der Waals surface area contributed by atoms with E-state index in [-0.39, 0.29) is 24.0 Å². The second-order valence-corrected chi connectivity index (χ2v) is 7.65. The van der Waals surface area contributed by atoms with Gasteiger partial charge in [0.2, 0.25) is 0 Å². The molecule has 0 spiro atoms. The average molecular weight is 496 g/mol. The molecule has 2 aliphatic rings. The van der Waals surface area contributed by atoms with Crippen LogP contribution in [0.3, 0.4) is 0 Å². The Morgan fingerprint density at radius 1 is 1.07 bits per heavy atom. The van der Waals surface area contributed by atoms with E-state index < -0.39 is 0 Å². The van der Waals surface area contributed by atoms with Crippen molar-refractivity contribution >= 4 is 29.9 Å². The summed E-state index contributed by atoms with van der Waals surface area (Å²) in [7, 11) is 1.72. The second-order valence-electron chi connectivity index (χ2n) is 7.65. The lowest BCUT2D eigenvalue weighted by atomic mass is 9.97. The van der Waals surface area contributed by atoms with E-state index in [9.17, 15) is 0 Å². The number of piperidine rings is 1. The van der Waals surface area contributed by atoms with E-state index >= 15 is 0 Å². The molecule has 6 nitrogen and oxygen atoms in total. The van der Waals surface area contributed by atoms with Crippen molar-refractivity contribution in [3.05, 3.63) is 0 Å². The molecule has 1 N–H and O–H groups in total. The number of rotatable bonds is 10. The molecule has 0 saturated carbocycles. The van der Waals surface area contributed by atoms with Crippen molar-refractivity contribution in [2.75, 3.05) is 72.7 Å². The van der Waals surface area contributed by atoms with Gasteiger partial charge in [0.25, 0.3) is 0 Å². The molecule has 2 aliphatic heterocycles. The van der Waals surface area contributed by atoms with E-state index in [4.69, 9.17) is 14.5 Å². The van der Waals surface area contributed by atoms with Crippen molar-refractivity contribution in [1.29, 1.82) is 0 Å². The van der Waals surface area contributed by atoms with Crippen molar-refractivity contribution in [1.82, 2.24) is 15.1 Å². The van der Waals surface area contributed by atoms with Crippen LogP contribution in [0.4, 0.5) is 0 Å². The highest BCUT2D eigenvalue weighted by Crippen LogP contribution is 2.19. The lowest BCUT2D eigenvalue weighted by Crippen LogP contribution is -2.41. The van der Waals surface area contributed by atoms with Crippen LogP contribution in [0.2, 0.25) is 0 Å². The molecule has 7 heteroatoms. The number of methoxy groups -OCH3 is 1. The minimum absolute atomic E-state index is 0. The van der Waals surface area contributed by atoms with Crippen LogP contribution in [0.5, 0.6) is 0 Å². The molecule has 1 unspecified atom stereocenters. The summed E-state index contributed by atoms with van der Waals surface area (Å²) in [6, 6.07) is 0. The second kappa shape index (κ2) is 14.8. The smallest absolute Gasteiger partial charge is 0.193 e. The monoisotopic (exact) mass is 496 g/mol. The molecular weight excluding hydrogens is 455 g/mol. The van der Waals surface area contributed by atoms with E-state index in [0.29, 0.717) is 19.1 Å². The summed E-state index contributed by atoms with van der Waals surface area (Å²) in [6.45, 7) is 14.4. The Bertz CT molecular complexity index is 403. The molecule has 2 saturated heterocycles. The minimum Gasteiger partial charge on any atom is -0.382 e. The van der Waals surface area contributed by atoms with Crippen molar-refractivity contribution in [2.24, 2.45) is 16.8 Å². The number of aliphatic imine (C=N–C) groups is 1. The number of hydrogen-bond acceptors (Lipinski definition) is 4. The van der Waals surface area contributed by atoms with Crippen LogP contribution in [0.1, 0.15) is 39.5 Å². The average Bonchev–Trinajstić information content (AvgIpc) is 3.12. The van der Waals surface area contributed by atoms with E-state index in [1.807, 2.05) is 0 Å². The van der Waals surface area contributed by atoms with Gasteiger partial charge in [-0.25, -0.2) is 0 Å². The fourth-order valence-electron chi connectivity index (χ4n) is 3.90. The van der Waals surface area contributed by atoms with Gasteiger partial charge in [-0.05, 0) is 58.2 Å². The lowest BCUT2D eigenvalue weighted by molar-refractivity contribution is 0.0536. The molecule has 2 heterocycles. The third-order valence-electron chi connectivity index (χ3n) is 5.45. The van der Waals surface area contributed by atoms with Crippen LogP contribution in [0, 0.1) is 11.8 Å². The topological polar surface area (TPSA) is 49.3 Å². The Morgan fingerprint density at radius 3 is 2.48 bits per heavy atom. The largest absolute Gasteiger partial charge is 0.382 e. The zero-order valence-electron chi connectivity index (χ0n) is 17.6. The zero-order chi connectivity index (χ0) is 18.6. The van der Waals surface area contributed by atoms with Crippen molar-refractivity contribution < 1.29 is 9.47 Å². The molecule has 0 aromatic rings. The third kappa shape index (κ3) is 9.28. The van der Waals surface area contributed by atoms with Gasteiger partial charge in [-0.2, -0.15) is 0 Å². The van der Waals surface area contributed by atoms with Crippen molar-refractivity contribution in [2.45, 2.75) is 39.5 Å². The first-order chi connectivity index (χ1) is 12.8. The summed E-state index contributed by atoms with van der Waals surface area (Å²) in [6.07, 6.45) is 5.03. The SMILES string of the molecule is CCCN1CCC(CN=C(NCC)N2CCC(COCCOC)C2)CC1.I. The molecule has 0 amide bonds. The number of ether oxygens (including phenoxy) is 2. The number of nitrogens with zero attached hydrogens (tertiary/aromatic N) is 3. The number of nitrogens with one attached hydrogen (secondary N) is 1. The molecule has 2 fully saturated rings. The predicted molar refractivity (Wildman–Crippen MR) is 123 cm³/mol. The van der Waals surface area contributed by atoms with Gasteiger partial charge in [0.15, 0.2) is 5.96 Å². The summed E-state index contributed by atoms with van der Waals surface area (Å²) in [5, 5.41) is 3.49. The summed E-state index contributed by atoms with van der Waals surface area (Å²) in [5.41, 5.74) is 0. The van der Waals surface area contributed by atoms with Crippen LogP contribution in [-0.4, -0.2) is 88.5 Å². The molecule has 160 valence electrons. The Morgan fingerprint density at radius 2 is 1.81 bits per heavy atom. The van der Waals surface area contributed by atoms with Crippen LogP contribution in [0.15, 0.2) is 4.99 Å². The molecule has 1 atom stereocenters. The van der Waals surface area contributed by atoms with Gasteiger partial charge in [-0.3, -0.25) is 4.99 Å². The lowest BCUT2D eigenvalue weighted by Gasteiger charge is -2.31. The van der Waals surface area contributed by atoms with E-state index in [0.717, 1.165) is 44.7 Å². The first kappa shape index (κ1) is 24.9. The van der Waals surface area contributed by atoms with Crippen LogP contribution in [0.25, 0.3) is 0 Å². The quantitative estimate of drug-likeness (QED) is 0.218. The molecule has 0 aromatic heterocycles. The maximum absolute atomic E-state index is 5.71. The molecule has 2 rings (SSSR count). The highest BCUT2D eigenvalue weighted by atomic mass is 127. The van der Waals surface area contributed by atoms with E-state index in [2.05, 4.69) is 29.0 Å². The van der Waals surface area contributed by atoms with Crippen LogP contribution < -0.4 is 5.32 Å². The van der Waals surface area contributed by atoms with Gasteiger partial charge < -0.3 is 24.6 Å². The van der Waals surface area contributed by atoms with Gasteiger partial charge in [-0.15, -0.1) is 24.0 Å². The Hall–Kier alpha value is -0.120. The Balaban J connectivity index is 0.00000364. The van der Waals surface area contributed by atoms with Gasteiger partial charge in [-0.1, -0.05) is 6.92 Å². The number of likely N-dealkylation sites (tertiary alicyclic amines) is 2. The minimum atomic E-state index is 0. The van der Waals surface area contributed by atoms with Crippen molar-refractivity contribution in [3.8, 4) is 0 Å². The number of guanidine groups is 1. The third-order valence-corrected chi connectivity index (χ3v) is 5.45. The molecule has 0 aromatic carbocycles. The summed E-state index contributed by atoms with van der Waals surface area (Å²) in [5.74, 6) is 2.45. The summed E-state index contributed by atoms with van der Waals surface area (Å²) >= 11 is 0. The fraction of sp³-hybridized carbons (Fsp3) is 0.950. The van der Waals surface area contributed by atoms with Gasteiger partial charge in [0.1, 0.15) is 0 Å². The first-order valence-corrected chi connectivity index (χ1v) is 10.6. The van der Waals surface area contributed by atoms with Crippen LogP contribution >= 0.6 is 24.0 Å². The zero-order valence-corrected chi connectivity index (χ0v) is 20.0. The summed E-state index contributed by atoms with van der Waals surface area (Å²) in [4.78, 5) is 10.0. The highest BCUT2D eigenvalue weighted by molar-refractivity contribution is 14.0. The van der Waals surface area contributed by atoms with Gasteiger partial charge in [0.05, 0.1) is 19.8 Å². The standard InChI is InChI=1S/C20H40N4O2.HI/c1-4-9-23-10-6-18(7-11-23)15-22-20(21-5-2)24-12-8-19(16-24)17-26-14-13-25-3;/h18-19H,4-17H2,1-3H3,(H,21,22);1H. The Kier molecular flexibility index (Phi) is 13.7. The predicted octanol–water partition coefficient (Wildman–Crippen LogP) is 2.68. The van der Waals surface area contributed by atoms with E-state index in [1.54, 1.807) is 7.11 Å². The van der Waals surface area contributed by atoms with Crippen molar-refractivity contribution in [3.63, 3.8) is 0 Å². The molecule has 0 radical (unpaired) electrons. The molecule has 0 aliphatic carbocycles. The maximum Gasteiger partial charge on any atom is 0.193 e. The van der Waals surface area contributed by atoms with Gasteiger partial charge in [0, 0.05) is 39.2 Å². The van der Waals surface area contributed by atoms with Crippen LogP contribution in [-0.2, 0) is 9.47 Å². The molecular formula is C20H41IN4O2. The maximum atomic E-state index is 5.71. The normalized spacial score (nSPS) is 22.1. The first-order valence-electron chi connectivity index (χ1n) is 10.6. The summed E-state index contributed by atoms with van der Waals surface area (Å²) < 4.78 is 10.8. The number of halogens is 1. The van der Waals surface area contributed by atoms with Gasteiger partial charge >= 0.3 is 0 Å². The molecule has 27 heavy (non-hydrogen) atoms. The Labute approximate surface area is 183 Å². The fourth-order valence-corrected chi connectivity index (χ4v) is 3.90. The highest BCUT2D eigenvalue weighted by Gasteiger charge is 2.25. The molecule has 0 bridgehead atoms. The van der Waals surface area contributed by atoms with E-state index in [1.165, 1.54) is 45.3 Å².